The average Bonchev–Trinajstić information content (AvgIpc) is 3.07. The van der Waals surface area contributed by atoms with Gasteiger partial charge in [-0.3, -0.25) is 4.79 Å². The van der Waals surface area contributed by atoms with Crippen LogP contribution in [-0.2, 0) is 6.54 Å². The van der Waals surface area contributed by atoms with Crippen LogP contribution in [0, 0.1) is 6.92 Å². The van der Waals surface area contributed by atoms with Crippen LogP contribution < -0.4 is 0 Å². The number of aryl methyl sites for hydroxylation is 1. The molecular formula is C19H19N3O. The van der Waals surface area contributed by atoms with E-state index in [1.165, 1.54) is 5.56 Å². The smallest absolute Gasteiger partial charge is 0.257 e. The summed E-state index contributed by atoms with van der Waals surface area (Å²) >= 11 is 0. The Hall–Kier alpha value is -2.88. The highest BCUT2D eigenvalue weighted by Crippen LogP contribution is 2.13. The van der Waals surface area contributed by atoms with Crippen LogP contribution in [0.2, 0.25) is 0 Å². The molecule has 0 bridgehead atoms. The largest absolute Gasteiger partial charge is 0.337 e. The predicted molar refractivity (Wildman–Crippen MR) is 90.5 cm³/mol. The zero-order chi connectivity index (χ0) is 16.2. The molecule has 0 spiro atoms. The van der Waals surface area contributed by atoms with Crippen molar-refractivity contribution >= 4 is 5.91 Å². The van der Waals surface area contributed by atoms with Gasteiger partial charge in [-0.05, 0) is 30.2 Å². The number of aromatic nitrogens is 2. The fourth-order valence-corrected chi connectivity index (χ4v) is 2.49. The van der Waals surface area contributed by atoms with Crippen molar-refractivity contribution in [1.82, 2.24) is 14.7 Å². The highest BCUT2D eigenvalue weighted by atomic mass is 16.2. The lowest BCUT2D eigenvalue weighted by Gasteiger charge is -2.17. The lowest BCUT2D eigenvalue weighted by atomic mass is 10.1. The minimum absolute atomic E-state index is 0.0320. The van der Waals surface area contributed by atoms with Crippen molar-refractivity contribution < 1.29 is 4.79 Å². The molecule has 1 aromatic heterocycles. The molecule has 0 saturated heterocycles. The van der Waals surface area contributed by atoms with Gasteiger partial charge in [0.15, 0.2) is 0 Å². The fraction of sp³-hybridized carbons (Fsp3) is 0.158. The van der Waals surface area contributed by atoms with Gasteiger partial charge in [-0.25, -0.2) is 4.68 Å². The van der Waals surface area contributed by atoms with Gasteiger partial charge in [0, 0.05) is 19.8 Å². The second-order valence-corrected chi connectivity index (χ2v) is 5.60. The number of rotatable bonds is 4. The summed E-state index contributed by atoms with van der Waals surface area (Å²) in [5.41, 5.74) is 3.86. The monoisotopic (exact) mass is 305 g/mol. The van der Waals surface area contributed by atoms with Crippen LogP contribution in [0.25, 0.3) is 5.69 Å². The van der Waals surface area contributed by atoms with Crippen molar-refractivity contribution in [2.45, 2.75) is 13.5 Å². The summed E-state index contributed by atoms with van der Waals surface area (Å²) in [7, 11) is 1.81. The van der Waals surface area contributed by atoms with Gasteiger partial charge < -0.3 is 4.90 Å². The van der Waals surface area contributed by atoms with Crippen molar-refractivity contribution in [3.05, 3.63) is 83.7 Å². The molecule has 0 aliphatic heterocycles. The van der Waals surface area contributed by atoms with Gasteiger partial charge in [-0.2, -0.15) is 5.10 Å². The molecule has 4 heteroatoms. The van der Waals surface area contributed by atoms with E-state index in [1.807, 2.05) is 55.6 Å². The molecule has 23 heavy (non-hydrogen) atoms. The first-order valence-electron chi connectivity index (χ1n) is 7.55. The molecule has 116 valence electrons. The maximum atomic E-state index is 12.6. The lowest BCUT2D eigenvalue weighted by molar-refractivity contribution is 0.0785. The molecule has 1 amide bonds. The van der Waals surface area contributed by atoms with Crippen molar-refractivity contribution in [2.75, 3.05) is 7.05 Å². The first kappa shape index (κ1) is 15.0. The molecule has 0 fully saturated rings. The zero-order valence-electron chi connectivity index (χ0n) is 13.3. The van der Waals surface area contributed by atoms with Crippen molar-refractivity contribution in [3.8, 4) is 5.69 Å². The molecule has 0 N–H and O–H groups in total. The van der Waals surface area contributed by atoms with Gasteiger partial charge in [-0.1, -0.05) is 42.5 Å². The van der Waals surface area contributed by atoms with E-state index in [-0.39, 0.29) is 5.91 Å². The fourth-order valence-electron chi connectivity index (χ4n) is 2.49. The van der Waals surface area contributed by atoms with Crippen LogP contribution in [0.15, 0.2) is 67.0 Å². The number of benzene rings is 2. The Kier molecular flexibility index (Phi) is 4.24. The molecule has 4 nitrogen and oxygen atoms in total. The van der Waals surface area contributed by atoms with Gasteiger partial charge >= 0.3 is 0 Å². The van der Waals surface area contributed by atoms with Crippen LogP contribution in [0.3, 0.4) is 0 Å². The molecule has 3 rings (SSSR count). The van der Waals surface area contributed by atoms with E-state index < -0.39 is 0 Å². The number of carbonyl (C=O) groups excluding carboxylic acids is 1. The first-order valence-corrected chi connectivity index (χ1v) is 7.55. The number of para-hydroxylation sites is 1. The van der Waals surface area contributed by atoms with Crippen LogP contribution in [0.5, 0.6) is 0 Å². The zero-order valence-corrected chi connectivity index (χ0v) is 13.3. The highest BCUT2D eigenvalue weighted by molar-refractivity contribution is 5.93. The Morgan fingerprint density at radius 1 is 1.09 bits per heavy atom. The third-order valence-corrected chi connectivity index (χ3v) is 3.87. The second kappa shape index (κ2) is 6.48. The number of nitrogens with zero attached hydrogens (tertiary/aromatic N) is 3. The van der Waals surface area contributed by atoms with E-state index in [0.29, 0.717) is 12.1 Å². The van der Waals surface area contributed by atoms with Gasteiger partial charge in [-0.15, -0.1) is 0 Å². The topological polar surface area (TPSA) is 38.1 Å². The van der Waals surface area contributed by atoms with E-state index in [0.717, 1.165) is 11.3 Å². The van der Waals surface area contributed by atoms with Crippen molar-refractivity contribution in [1.29, 1.82) is 0 Å². The molecule has 0 unspecified atom stereocenters. The van der Waals surface area contributed by atoms with E-state index in [9.17, 15) is 4.79 Å². The lowest BCUT2D eigenvalue weighted by Crippen LogP contribution is -2.26. The molecule has 0 atom stereocenters. The Morgan fingerprint density at radius 3 is 2.52 bits per heavy atom. The van der Waals surface area contributed by atoms with Crippen LogP contribution in [0.4, 0.5) is 0 Å². The summed E-state index contributed by atoms with van der Waals surface area (Å²) < 4.78 is 1.72. The summed E-state index contributed by atoms with van der Waals surface area (Å²) in [6.45, 7) is 2.64. The molecule has 0 radical (unpaired) electrons. The Balaban J connectivity index is 1.76. The van der Waals surface area contributed by atoms with Crippen LogP contribution >= 0.6 is 0 Å². The molecule has 2 aromatic carbocycles. The predicted octanol–water partition coefficient (Wildman–Crippen LogP) is 3.45. The van der Waals surface area contributed by atoms with E-state index in [1.54, 1.807) is 22.0 Å². The molecule has 0 aliphatic rings. The summed E-state index contributed by atoms with van der Waals surface area (Å²) in [6, 6.07) is 17.9. The van der Waals surface area contributed by atoms with Crippen molar-refractivity contribution in [2.24, 2.45) is 0 Å². The van der Waals surface area contributed by atoms with E-state index >= 15 is 0 Å². The third kappa shape index (κ3) is 3.31. The van der Waals surface area contributed by atoms with Crippen LogP contribution in [0.1, 0.15) is 21.5 Å². The van der Waals surface area contributed by atoms with Crippen LogP contribution in [-0.4, -0.2) is 27.6 Å². The molecule has 0 aliphatic carbocycles. The highest BCUT2D eigenvalue weighted by Gasteiger charge is 2.15. The number of carbonyl (C=O) groups is 1. The first-order chi connectivity index (χ1) is 11.1. The maximum absolute atomic E-state index is 12.6. The summed E-state index contributed by atoms with van der Waals surface area (Å²) in [5, 5.41) is 4.28. The normalized spacial score (nSPS) is 10.5. The third-order valence-electron chi connectivity index (χ3n) is 3.87. The second-order valence-electron chi connectivity index (χ2n) is 5.60. The summed E-state index contributed by atoms with van der Waals surface area (Å²) in [4.78, 5) is 14.3. The Morgan fingerprint density at radius 2 is 1.78 bits per heavy atom. The molecule has 3 aromatic rings. The summed E-state index contributed by atoms with van der Waals surface area (Å²) in [6.07, 6.45) is 3.38. The Bertz CT molecular complexity index is 808. The summed E-state index contributed by atoms with van der Waals surface area (Å²) in [5.74, 6) is -0.0320. The number of hydrogen-bond donors (Lipinski definition) is 0. The number of hydrogen-bond acceptors (Lipinski definition) is 2. The van der Waals surface area contributed by atoms with Crippen molar-refractivity contribution in [3.63, 3.8) is 0 Å². The van der Waals surface area contributed by atoms with Gasteiger partial charge in [0.25, 0.3) is 5.91 Å². The average molecular weight is 305 g/mol. The minimum Gasteiger partial charge on any atom is -0.337 e. The van der Waals surface area contributed by atoms with Gasteiger partial charge in [0.05, 0.1) is 17.4 Å². The Labute approximate surface area is 136 Å². The van der Waals surface area contributed by atoms with E-state index in [2.05, 4.69) is 18.1 Å². The van der Waals surface area contributed by atoms with Gasteiger partial charge in [0.2, 0.25) is 0 Å². The maximum Gasteiger partial charge on any atom is 0.257 e. The molecule has 1 heterocycles. The van der Waals surface area contributed by atoms with Gasteiger partial charge in [0.1, 0.15) is 0 Å². The molecular weight excluding hydrogens is 286 g/mol. The van der Waals surface area contributed by atoms with E-state index in [4.69, 9.17) is 0 Å². The standard InChI is InChI=1S/C19H19N3O/c1-15-8-6-7-9-16(15)13-21(2)19(23)17-12-20-22(14-17)18-10-4-3-5-11-18/h3-12,14H,13H2,1-2H3. The quantitative estimate of drug-likeness (QED) is 0.740. The minimum atomic E-state index is -0.0320. The number of amides is 1. The molecule has 0 saturated carbocycles. The SMILES string of the molecule is Cc1ccccc1CN(C)C(=O)c1cnn(-c2ccccc2)c1.